The van der Waals surface area contributed by atoms with Crippen LogP contribution in [0.2, 0.25) is 0 Å². The fourth-order valence-electron chi connectivity index (χ4n) is 1.48. The van der Waals surface area contributed by atoms with E-state index in [1.165, 1.54) is 12.1 Å². The molecule has 2 aromatic rings. The molecule has 2 rings (SSSR count). The van der Waals surface area contributed by atoms with Crippen molar-refractivity contribution >= 4 is 11.6 Å². The maximum atomic E-state index is 12.0. The lowest BCUT2D eigenvalue weighted by atomic mass is 10.2. The normalized spacial score (nSPS) is 10.9. The lowest BCUT2D eigenvalue weighted by molar-refractivity contribution is -0.274. The van der Waals surface area contributed by atoms with Crippen LogP contribution in [0.3, 0.4) is 0 Å². The van der Waals surface area contributed by atoms with Crippen LogP contribution < -0.4 is 10.1 Å². The molecule has 0 aliphatic heterocycles. The van der Waals surface area contributed by atoms with Gasteiger partial charge in [0.05, 0.1) is 0 Å². The molecule has 0 atom stereocenters. The first-order chi connectivity index (χ1) is 9.44. The first-order valence-electron chi connectivity index (χ1n) is 5.57. The van der Waals surface area contributed by atoms with Crippen LogP contribution in [0, 0.1) is 6.07 Å². The second kappa shape index (κ2) is 5.64. The summed E-state index contributed by atoms with van der Waals surface area (Å²) in [4.78, 5) is 11.8. The molecule has 103 valence electrons. The number of amides is 1. The summed E-state index contributed by atoms with van der Waals surface area (Å²) in [5.74, 6) is -0.801. The van der Waals surface area contributed by atoms with E-state index in [2.05, 4.69) is 16.1 Å². The van der Waals surface area contributed by atoms with E-state index in [0.29, 0.717) is 5.69 Å². The quantitative estimate of drug-likeness (QED) is 0.932. The van der Waals surface area contributed by atoms with Gasteiger partial charge in [-0.3, -0.25) is 4.79 Å². The van der Waals surface area contributed by atoms with Gasteiger partial charge in [0, 0.05) is 11.3 Å². The van der Waals surface area contributed by atoms with Crippen LogP contribution in [0.4, 0.5) is 18.9 Å². The van der Waals surface area contributed by atoms with Crippen LogP contribution in [0.15, 0.2) is 48.5 Å². The monoisotopic (exact) mass is 280 g/mol. The summed E-state index contributed by atoms with van der Waals surface area (Å²) in [6.07, 6.45) is -4.75. The van der Waals surface area contributed by atoms with E-state index < -0.39 is 12.3 Å². The van der Waals surface area contributed by atoms with E-state index in [-0.39, 0.29) is 11.3 Å². The summed E-state index contributed by atoms with van der Waals surface area (Å²) >= 11 is 0. The average Bonchev–Trinajstić information content (AvgIpc) is 2.39. The van der Waals surface area contributed by atoms with Gasteiger partial charge in [-0.05, 0) is 42.5 Å². The van der Waals surface area contributed by atoms with Crippen LogP contribution in [0.5, 0.6) is 5.75 Å². The van der Waals surface area contributed by atoms with Crippen LogP contribution >= 0.6 is 0 Å². The van der Waals surface area contributed by atoms with Crippen molar-refractivity contribution in [2.75, 3.05) is 5.32 Å². The van der Waals surface area contributed by atoms with Crippen molar-refractivity contribution in [1.29, 1.82) is 0 Å². The van der Waals surface area contributed by atoms with Crippen molar-refractivity contribution in [2.45, 2.75) is 6.36 Å². The van der Waals surface area contributed by atoms with Gasteiger partial charge in [-0.1, -0.05) is 12.1 Å². The van der Waals surface area contributed by atoms with Crippen molar-refractivity contribution in [3.63, 3.8) is 0 Å². The predicted octanol–water partition coefficient (Wildman–Crippen LogP) is 3.64. The van der Waals surface area contributed by atoms with E-state index in [1.54, 1.807) is 24.3 Å². The molecule has 0 aromatic heterocycles. The molecule has 20 heavy (non-hydrogen) atoms. The SMILES string of the molecule is O=C(Nc1c[c]ccc1)c1ccc(OC(F)(F)F)cc1. The first-order valence-corrected chi connectivity index (χ1v) is 5.57. The van der Waals surface area contributed by atoms with Gasteiger partial charge in [0.1, 0.15) is 5.75 Å². The van der Waals surface area contributed by atoms with E-state index in [1.807, 2.05) is 0 Å². The summed E-state index contributed by atoms with van der Waals surface area (Å²) in [6, 6.07) is 14.1. The van der Waals surface area contributed by atoms with E-state index in [4.69, 9.17) is 0 Å². The van der Waals surface area contributed by atoms with E-state index >= 15 is 0 Å². The highest BCUT2D eigenvalue weighted by molar-refractivity contribution is 6.04. The molecule has 0 saturated carbocycles. The Kier molecular flexibility index (Phi) is 3.93. The van der Waals surface area contributed by atoms with Gasteiger partial charge in [0.25, 0.3) is 5.91 Å². The minimum absolute atomic E-state index is 0.225. The number of rotatable bonds is 3. The molecule has 2 aromatic carbocycles. The van der Waals surface area contributed by atoms with Gasteiger partial charge >= 0.3 is 6.36 Å². The number of halogens is 3. The number of ether oxygens (including phenoxy) is 1. The third kappa shape index (κ3) is 4.01. The first kappa shape index (κ1) is 13.9. The molecule has 0 aliphatic carbocycles. The lowest BCUT2D eigenvalue weighted by Crippen LogP contribution is -2.17. The molecule has 3 nitrogen and oxygen atoms in total. The van der Waals surface area contributed by atoms with Gasteiger partial charge < -0.3 is 10.1 Å². The third-order valence-corrected chi connectivity index (χ3v) is 2.32. The molecule has 0 spiro atoms. The molecule has 1 radical (unpaired) electrons. The number of benzene rings is 2. The number of hydrogen-bond donors (Lipinski definition) is 1. The van der Waals surface area contributed by atoms with Gasteiger partial charge in [0.2, 0.25) is 0 Å². The van der Waals surface area contributed by atoms with Crippen molar-refractivity contribution in [1.82, 2.24) is 0 Å². The average molecular weight is 280 g/mol. The number of carbonyl (C=O) groups is 1. The van der Waals surface area contributed by atoms with E-state index in [0.717, 1.165) is 12.1 Å². The van der Waals surface area contributed by atoms with E-state index in [9.17, 15) is 18.0 Å². The second-order valence-corrected chi connectivity index (χ2v) is 3.82. The predicted molar refractivity (Wildman–Crippen MR) is 66.4 cm³/mol. The minimum atomic E-state index is -4.75. The molecule has 0 saturated heterocycles. The summed E-state index contributed by atoms with van der Waals surface area (Å²) in [7, 11) is 0. The molecule has 0 aliphatic rings. The Labute approximate surface area is 113 Å². The maximum Gasteiger partial charge on any atom is 0.573 e. The summed E-state index contributed by atoms with van der Waals surface area (Å²) in [5.41, 5.74) is 0.775. The standard InChI is InChI=1S/C14H9F3NO2/c15-14(16,17)20-12-8-6-10(7-9-12)13(19)18-11-4-2-1-3-5-11/h1-2,4-9H,(H,18,19). The summed E-state index contributed by atoms with van der Waals surface area (Å²) in [5, 5.41) is 2.59. The summed E-state index contributed by atoms with van der Waals surface area (Å²) < 4.78 is 39.7. The van der Waals surface area contributed by atoms with Crippen LogP contribution in [-0.2, 0) is 0 Å². The summed E-state index contributed by atoms with van der Waals surface area (Å²) in [6.45, 7) is 0. The Bertz CT molecular complexity index is 580. The van der Waals surface area contributed by atoms with Gasteiger partial charge in [0.15, 0.2) is 0 Å². The minimum Gasteiger partial charge on any atom is -0.406 e. The van der Waals surface area contributed by atoms with Gasteiger partial charge in [-0.2, -0.15) is 0 Å². The number of hydrogen-bond acceptors (Lipinski definition) is 2. The number of carbonyl (C=O) groups excluding carboxylic acids is 1. The topological polar surface area (TPSA) is 38.3 Å². The van der Waals surface area contributed by atoms with Crippen LogP contribution in [0.25, 0.3) is 0 Å². The molecule has 1 amide bonds. The number of alkyl halides is 3. The molecule has 0 fully saturated rings. The number of nitrogens with one attached hydrogen (secondary N) is 1. The zero-order valence-corrected chi connectivity index (χ0v) is 10.1. The van der Waals surface area contributed by atoms with Crippen molar-refractivity contribution in [3.05, 3.63) is 60.2 Å². The Morgan fingerprint density at radius 2 is 1.85 bits per heavy atom. The fourth-order valence-corrected chi connectivity index (χ4v) is 1.48. The smallest absolute Gasteiger partial charge is 0.406 e. The molecular formula is C14H9F3NO2. The highest BCUT2D eigenvalue weighted by Crippen LogP contribution is 2.22. The van der Waals surface area contributed by atoms with Gasteiger partial charge in [-0.15, -0.1) is 13.2 Å². The molecule has 0 unspecified atom stereocenters. The Balaban J connectivity index is 2.04. The maximum absolute atomic E-state index is 12.0. The molecule has 1 N–H and O–H groups in total. The fraction of sp³-hybridized carbons (Fsp3) is 0.0714. The lowest BCUT2D eigenvalue weighted by Gasteiger charge is -2.09. The van der Waals surface area contributed by atoms with Crippen LogP contribution in [-0.4, -0.2) is 12.3 Å². The second-order valence-electron chi connectivity index (χ2n) is 3.82. The number of anilines is 1. The zero-order chi connectivity index (χ0) is 14.6. The van der Waals surface area contributed by atoms with Crippen molar-refractivity contribution in [2.24, 2.45) is 0 Å². The molecule has 6 heteroatoms. The zero-order valence-electron chi connectivity index (χ0n) is 10.1. The van der Waals surface area contributed by atoms with Gasteiger partial charge in [-0.25, -0.2) is 0 Å². The molecular weight excluding hydrogens is 271 g/mol. The van der Waals surface area contributed by atoms with Crippen LogP contribution in [0.1, 0.15) is 10.4 Å². The highest BCUT2D eigenvalue weighted by Gasteiger charge is 2.31. The molecule has 0 bridgehead atoms. The Morgan fingerprint density at radius 1 is 1.15 bits per heavy atom. The highest BCUT2D eigenvalue weighted by atomic mass is 19.4. The Hall–Kier alpha value is -2.50. The Morgan fingerprint density at radius 3 is 2.40 bits per heavy atom. The third-order valence-electron chi connectivity index (χ3n) is 2.32. The van der Waals surface area contributed by atoms with Crippen molar-refractivity contribution < 1.29 is 22.7 Å². The van der Waals surface area contributed by atoms with Crippen molar-refractivity contribution in [3.8, 4) is 5.75 Å². The molecule has 0 heterocycles. The largest absolute Gasteiger partial charge is 0.573 e.